The van der Waals surface area contributed by atoms with Crippen LogP contribution >= 0.6 is 0 Å². The van der Waals surface area contributed by atoms with E-state index >= 15 is 0 Å². The first kappa shape index (κ1) is 18.3. The van der Waals surface area contributed by atoms with Gasteiger partial charge in [0.15, 0.2) is 5.78 Å². The second-order valence-electron chi connectivity index (χ2n) is 6.56. The summed E-state index contributed by atoms with van der Waals surface area (Å²) in [4.78, 5) is 30.2. The Hall–Kier alpha value is -3.46. The molecule has 1 heterocycles. The van der Waals surface area contributed by atoms with Crippen LogP contribution in [0.4, 0.5) is 0 Å². The number of nitriles is 1. The fraction of sp³-hybridized carbons (Fsp3) is 0.238. The SMILES string of the molecule is CCC(=O)c1c(O)ccc2c(=O)n(-c3ccc(C#N)cc3)c(C(C)C)nc12. The first-order valence-corrected chi connectivity index (χ1v) is 8.71. The van der Waals surface area contributed by atoms with E-state index < -0.39 is 0 Å². The monoisotopic (exact) mass is 361 g/mol. The van der Waals surface area contributed by atoms with E-state index in [2.05, 4.69) is 11.1 Å². The Kier molecular flexibility index (Phi) is 4.78. The molecular weight excluding hydrogens is 342 g/mol. The van der Waals surface area contributed by atoms with Crippen molar-refractivity contribution < 1.29 is 9.90 Å². The molecule has 3 rings (SSSR count). The molecule has 0 saturated carbocycles. The summed E-state index contributed by atoms with van der Waals surface area (Å²) in [6.45, 7) is 5.50. The van der Waals surface area contributed by atoms with Gasteiger partial charge in [-0.2, -0.15) is 5.26 Å². The molecule has 0 unspecified atom stereocenters. The van der Waals surface area contributed by atoms with Gasteiger partial charge < -0.3 is 5.11 Å². The molecular formula is C21H19N3O3. The summed E-state index contributed by atoms with van der Waals surface area (Å²) in [5.41, 5.74) is 1.07. The molecule has 0 spiro atoms. The van der Waals surface area contributed by atoms with Crippen molar-refractivity contribution in [1.29, 1.82) is 5.26 Å². The first-order chi connectivity index (χ1) is 12.9. The minimum Gasteiger partial charge on any atom is -0.507 e. The summed E-state index contributed by atoms with van der Waals surface area (Å²) < 4.78 is 1.49. The minimum absolute atomic E-state index is 0.0842. The van der Waals surface area contributed by atoms with Gasteiger partial charge in [0.1, 0.15) is 11.6 Å². The second kappa shape index (κ2) is 7.04. The molecule has 2 aromatic carbocycles. The number of benzene rings is 2. The van der Waals surface area contributed by atoms with Crippen LogP contribution in [0.15, 0.2) is 41.2 Å². The molecule has 0 atom stereocenters. The highest BCUT2D eigenvalue weighted by Gasteiger charge is 2.21. The average molecular weight is 361 g/mol. The van der Waals surface area contributed by atoms with E-state index in [-0.39, 0.29) is 45.9 Å². The average Bonchev–Trinajstić information content (AvgIpc) is 2.67. The summed E-state index contributed by atoms with van der Waals surface area (Å²) in [5, 5.41) is 19.4. The van der Waals surface area contributed by atoms with E-state index in [9.17, 15) is 14.7 Å². The van der Waals surface area contributed by atoms with Gasteiger partial charge in [-0.1, -0.05) is 20.8 Å². The summed E-state index contributed by atoms with van der Waals surface area (Å²) >= 11 is 0. The van der Waals surface area contributed by atoms with Crippen molar-refractivity contribution in [2.75, 3.05) is 0 Å². The normalized spacial score (nSPS) is 10.9. The number of phenolic OH excluding ortho intramolecular Hbond substituents is 1. The predicted molar refractivity (Wildman–Crippen MR) is 102 cm³/mol. The molecule has 1 aromatic heterocycles. The molecule has 0 amide bonds. The fourth-order valence-corrected chi connectivity index (χ4v) is 3.03. The molecule has 3 aromatic rings. The number of carbonyl (C=O) groups is 1. The standard InChI is InChI=1S/C21H19N3O3/c1-4-16(25)18-17(26)10-9-15-19(18)23-20(12(2)3)24(21(15)27)14-7-5-13(11-22)6-8-14/h5-10,12,26H,4H2,1-3H3. The van der Waals surface area contributed by atoms with Gasteiger partial charge in [-0.25, -0.2) is 4.98 Å². The Morgan fingerprint density at radius 2 is 1.89 bits per heavy atom. The molecule has 6 heteroatoms. The molecule has 6 nitrogen and oxygen atoms in total. The molecule has 1 N–H and O–H groups in total. The second-order valence-corrected chi connectivity index (χ2v) is 6.56. The van der Waals surface area contributed by atoms with Crippen molar-refractivity contribution >= 4 is 16.7 Å². The van der Waals surface area contributed by atoms with Crippen molar-refractivity contribution in [2.24, 2.45) is 0 Å². The van der Waals surface area contributed by atoms with E-state index in [1.807, 2.05) is 13.8 Å². The Bertz CT molecular complexity index is 1140. The zero-order chi connectivity index (χ0) is 19.7. The zero-order valence-corrected chi connectivity index (χ0v) is 15.4. The van der Waals surface area contributed by atoms with Crippen molar-refractivity contribution in [2.45, 2.75) is 33.1 Å². The number of aromatic hydroxyl groups is 1. The van der Waals surface area contributed by atoms with Gasteiger partial charge in [0.05, 0.1) is 33.8 Å². The zero-order valence-electron chi connectivity index (χ0n) is 15.4. The molecule has 0 aliphatic carbocycles. The van der Waals surface area contributed by atoms with Crippen LogP contribution in [0.5, 0.6) is 5.75 Å². The summed E-state index contributed by atoms with van der Waals surface area (Å²) in [5.74, 6) is -0.0689. The maximum absolute atomic E-state index is 13.2. The number of Topliss-reactive ketones (excluding diaryl/α,β-unsaturated/α-hetero) is 1. The Balaban J connectivity index is 2.42. The maximum atomic E-state index is 13.2. The van der Waals surface area contributed by atoms with Crippen LogP contribution in [0.1, 0.15) is 54.9 Å². The smallest absolute Gasteiger partial charge is 0.266 e. The molecule has 0 fully saturated rings. The van der Waals surface area contributed by atoms with Crippen LogP contribution in [0.25, 0.3) is 16.6 Å². The van der Waals surface area contributed by atoms with Gasteiger partial charge in [-0.3, -0.25) is 14.2 Å². The van der Waals surface area contributed by atoms with Crippen LogP contribution in [-0.4, -0.2) is 20.4 Å². The first-order valence-electron chi connectivity index (χ1n) is 8.71. The number of nitrogens with zero attached hydrogens (tertiary/aromatic N) is 3. The number of ketones is 1. The van der Waals surface area contributed by atoms with E-state index in [1.54, 1.807) is 31.2 Å². The minimum atomic E-state index is -0.321. The van der Waals surface area contributed by atoms with Gasteiger partial charge in [-0.05, 0) is 36.4 Å². The lowest BCUT2D eigenvalue weighted by Crippen LogP contribution is -2.25. The number of hydrogen-bond acceptors (Lipinski definition) is 5. The summed E-state index contributed by atoms with van der Waals surface area (Å²) in [6.07, 6.45) is 0.198. The highest BCUT2D eigenvalue weighted by atomic mass is 16.3. The lowest BCUT2D eigenvalue weighted by molar-refractivity contribution is 0.0987. The topological polar surface area (TPSA) is 96.0 Å². The van der Waals surface area contributed by atoms with Crippen LogP contribution in [0, 0.1) is 11.3 Å². The van der Waals surface area contributed by atoms with Crippen LogP contribution in [-0.2, 0) is 0 Å². The van der Waals surface area contributed by atoms with Gasteiger partial charge >= 0.3 is 0 Å². The quantitative estimate of drug-likeness (QED) is 0.715. The molecule has 0 aliphatic heterocycles. The van der Waals surface area contributed by atoms with E-state index in [0.29, 0.717) is 17.1 Å². The van der Waals surface area contributed by atoms with Crippen molar-refractivity contribution in [1.82, 2.24) is 9.55 Å². The van der Waals surface area contributed by atoms with E-state index in [1.165, 1.54) is 16.7 Å². The third kappa shape index (κ3) is 3.08. The Morgan fingerprint density at radius 3 is 2.44 bits per heavy atom. The van der Waals surface area contributed by atoms with Gasteiger partial charge in [-0.15, -0.1) is 0 Å². The Morgan fingerprint density at radius 1 is 1.22 bits per heavy atom. The van der Waals surface area contributed by atoms with Gasteiger partial charge in [0.2, 0.25) is 0 Å². The summed E-state index contributed by atoms with van der Waals surface area (Å²) in [7, 11) is 0. The molecule has 0 aliphatic rings. The molecule has 136 valence electrons. The molecule has 0 saturated heterocycles. The lowest BCUT2D eigenvalue weighted by Gasteiger charge is -2.17. The highest BCUT2D eigenvalue weighted by Crippen LogP contribution is 2.28. The number of aromatic nitrogens is 2. The third-order valence-corrected chi connectivity index (χ3v) is 4.42. The van der Waals surface area contributed by atoms with E-state index in [4.69, 9.17) is 5.26 Å². The van der Waals surface area contributed by atoms with Crippen LogP contribution in [0.3, 0.4) is 0 Å². The number of rotatable bonds is 4. The van der Waals surface area contributed by atoms with Gasteiger partial charge in [0.25, 0.3) is 5.56 Å². The molecule has 0 radical (unpaired) electrons. The van der Waals surface area contributed by atoms with Crippen molar-refractivity contribution in [3.63, 3.8) is 0 Å². The Labute approximate surface area is 156 Å². The number of hydrogen-bond donors (Lipinski definition) is 1. The van der Waals surface area contributed by atoms with Gasteiger partial charge in [0, 0.05) is 12.3 Å². The summed E-state index contributed by atoms with van der Waals surface area (Å²) in [6, 6.07) is 11.5. The third-order valence-electron chi connectivity index (χ3n) is 4.42. The fourth-order valence-electron chi connectivity index (χ4n) is 3.03. The number of fused-ring (bicyclic) bond motifs is 1. The van der Waals surface area contributed by atoms with Crippen LogP contribution in [0.2, 0.25) is 0 Å². The largest absolute Gasteiger partial charge is 0.507 e. The van der Waals surface area contributed by atoms with Crippen LogP contribution < -0.4 is 5.56 Å². The van der Waals surface area contributed by atoms with E-state index in [0.717, 1.165) is 0 Å². The van der Waals surface area contributed by atoms with Crippen molar-refractivity contribution in [3.05, 3.63) is 63.7 Å². The number of carbonyl (C=O) groups excluding carboxylic acids is 1. The predicted octanol–water partition coefficient (Wildman–Crippen LogP) is 3.68. The lowest BCUT2D eigenvalue weighted by atomic mass is 10.0. The van der Waals surface area contributed by atoms with Crippen molar-refractivity contribution in [3.8, 4) is 17.5 Å². The highest BCUT2D eigenvalue weighted by molar-refractivity contribution is 6.08. The number of phenols is 1. The molecule has 0 bridgehead atoms. The molecule has 27 heavy (non-hydrogen) atoms. The maximum Gasteiger partial charge on any atom is 0.266 e.